The Hall–Kier alpha value is -3.85. The number of aromatic amines is 1. The lowest BCUT2D eigenvalue weighted by atomic mass is 10.1. The first-order valence-electron chi connectivity index (χ1n) is 9.86. The van der Waals surface area contributed by atoms with Gasteiger partial charge in [0.2, 0.25) is 0 Å². The van der Waals surface area contributed by atoms with Crippen LogP contribution in [0.1, 0.15) is 18.2 Å². The number of carbonyl (C=O) groups excluding carboxylic acids is 1. The molecule has 3 aromatic rings. The van der Waals surface area contributed by atoms with E-state index < -0.39 is 41.5 Å². The van der Waals surface area contributed by atoms with Crippen molar-refractivity contribution in [3.63, 3.8) is 0 Å². The van der Waals surface area contributed by atoms with E-state index in [9.17, 15) is 35.5 Å². The molecule has 3 N–H and O–H groups in total. The standard InChI is InChI=1S/C21H18N4O8S2/c1-12-18(20(26)24(22-12)14-5-3-7-16(9-14)34(28,29)30)11-19-13(2)23-25(21(19)27)15-6-4-8-17(10-15)35(31,32)33/h3-11,22H,1-2H3,(H,28,29,30)(H,31,32,33). The first-order chi connectivity index (χ1) is 16.3. The van der Waals surface area contributed by atoms with Crippen molar-refractivity contribution in [1.29, 1.82) is 0 Å². The van der Waals surface area contributed by atoms with Gasteiger partial charge in [-0.05, 0) is 56.3 Å². The van der Waals surface area contributed by atoms with E-state index in [0.29, 0.717) is 5.69 Å². The van der Waals surface area contributed by atoms with Gasteiger partial charge in [0.25, 0.3) is 31.7 Å². The number of hydrogen-bond acceptors (Lipinski definition) is 7. The third kappa shape index (κ3) is 4.59. The normalized spacial score (nSPS) is 15.7. The summed E-state index contributed by atoms with van der Waals surface area (Å²) in [6.45, 7) is 3.11. The van der Waals surface area contributed by atoms with Crippen LogP contribution in [-0.2, 0) is 25.0 Å². The second-order valence-electron chi connectivity index (χ2n) is 7.60. The molecule has 182 valence electrons. The van der Waals surface area contributed by atoms with Crippen molar-refractivity contribution in [2.75, 3.05) is 5.01 Å². The number of H-pyrrole nitrogens is 1. The number of nitrogens with zero attached hydrogens (tertiary/aromatic N) is 3. The van der Waals surface area contributed by atoms with Crippen molar-refractivity contribution in [2.24, 2.45) is 5.10 Å². The molecule has 0 saturated heterocycles. The molecule has 0 bridgehead atoms. The molecule has 1 amide bonds. The van der Waals surface area contributed by atoms with Crippen LogP contribution >= 0.6 is 0 Å². The van der Waals surface area contributed by atoms with Crippen LogP contribution in [0.5, 0.6) is 0 Å². The van der Waals surface area contributed by atoms with E-state index in [4.69, 9.17) is 0 Å². The van der Waals surface area contributed by atoms with Gasteiger partial charge in [-0.25, -0.2) is 4.68 Å². The van der Waals surface area contributed by atoms with Gasteiger partial charge >= 0.3 is 0 Å². The largest absolute Gasteiger partial charge is 0.295 e. The van der Waals surface area contributed by atoms with Gasteiger partial charge in [0, 0.05) is 5.69 Å². The summed E-state index contributed by atoms with van der Waals surface area (Å²) in [5.41, 5.74) is 0.450. The molecule has 12 nitrogen and oxygen atoms in total. The summed E-state index contributed by atoms with van der Waals surface area (Å²) >= 11 is 0. The van der Waals surface area contributed by atoms with Crippen LogP contribution in [0.3, 0.4) is 0 Å². The van der Waals surface area contributed by atoms with Crippen molar-refractivity contribution in [1.82, 2.24) is 9.78 Å². The van der Waals surface area contributed by atoms with Crippen molar-refractivity contribution >= 4 is 43.6 Å². The molecule has 1 aromatic heterocycles. The van der Waals surface area contributed by atoms with Gasteiger partial charge in [-0.1, -0.05) is 12.1 Å². The fourth-order valence-corrected chi connectivity index (χ4v) is 4.51. The summed E-state index contributed by atoms with van der Waals surface area (Å²) in [6, 6.07) is 10.1. The highest BCUT2D eigenvalue weighted by Crippen LogP contribution is 2.27. The monoisotopic (exact) mass is 518 g/mol. The van der Waals surface area contributed by atoms with E-state index in [0.717, 1.165) is 27.9 Å². The van der Waals surface area contributed by atoms with Gasteiger partial charge in [0.1, 0.15) is 0 Å². The summed E-state index contributed by atoms with van der Waals surface area (Å²) in [5, 5.41) is 7.90. The predicted molar refractivity (Wildman–Crippen MR) is 126 cm³/mol. The van der Waals surface area contributed by atoms with Crippen molar-refractivity contribution in [2.45, 2.75) is 23.6 Å². The molecule has 0 unspecified atom stereocenters. The van der Waals surface area contributed by atoms with Crippen LogP contribution in [0.15, 0.2) is 73.8 Å². The molecule has 1 aliphatic rings. The number of aromatic nitrogens is 2. The number of hydrogen-bond donors (Lipinski definition) is 3. The lowest BCUT2D eigenvalue weighted by molar-refractivity contribution is -0.114. The number of hydrazone groups is 1. The summed E-state index contributed by atoms with van der Waals surface area (Å²) in [6.07, 6.45) is 1.32. The van der Waals surface area contributed by atoms with Crippen LogP contribution in [0.4, 0.5) is 5.69 Å². The molecule has 0 radical (unpaired) electrons. The average molecular weight is 519 g/mol. The Kier molecular flexibility index (Phi) is 5.84. The molecule has 35 heavy (non-hydrogen) atoms. The molecule has 0 atom stereocenters. The summed E-state index contributed by atoms with van der Waals surface area (Å²) in [7, 11) is -8.99. The second-order valence-corrected chi connectivity index (χ2v) is 10.4. The fourth-order valence-electron chi connectivity index (χ4n) is 3.47. The van der Waals surface area contributed by atoms with Gasteiger partial charge < -0.3 is 0 Å². The number of anilines is 1. The molecular weight excluding hydrogens is 500 g/mol. The highest BCUT2D eigenvalue weighted by atomic mass is 32.2. The second kappa shape index (κ2) is 8.42. The minimum Gasteiger partial charge on any atom is -0.295 e. The first kappa shape index (κ1) is 24.3. The minimum absolute atomic E-state index is 0.0697. The van der Waals surface area contributed by atoms with E-state index in [-0.39, 0.29) is 28.2 Å². The van der Waals surface area contributed by atoms with Crippen LogP contribution in [0.2, 0.25) is 0 Å². The zero-order chi connectivity index (χ0) is 25.7. The third-order valence-corrected chi connectivity index (χ3v) is 6.90. The number of benzene rings is 2. The molecule has 0 saturated carbocycles. The number of aryl methyl sites for hydroxylation is 1. The number of rotatable bonds is 5. The highest BCUT2D eigenvalue weighted by molar-refractivity contribution is 7.86. The number of carbonyl (C=O) groups is 1. The Morgan fingerprint density at radius 1 is 0.886 bits per heavy atom. The van der Waals surface area contributed by atoms with Gasteiger partial charge in [-0.3, -0.25) is 23.8 Å². The quantitative estimate of drug-likeness (QED) is 0.338. The molecule has 2 aromatic carbocycles. The zero-order valence-electron chi connectivity index (χ0n) is 18.2. The third-order valence-electron chi connectivity index (χ3n) is 5.20. The lowest BCUT2D eigenvalue weighted by Gasteiger charge is -2.12. The van der Waals surface area contributed by atoms with Crippen molar-refractivity contribution in [3.05, 3.63) is 75.7 Å². The first-order valence-corrected chi connectivity index (χ1v) is 12.7. The molecule has 0 aliphatic carbocycles. The Bertz CT molecular complexity index is 1710. The summed E-state index contributed by atoms with van der Waals surface area (Å²) in [5.74, 6) is -0.630. The number of amides is 1. The average Bonchev–Trinajstić information content (AvgIpc) is 3.23. The molecule has 0 spiro atoms. The molecule has 2 heterocycles. The van der Waals surface area contributed by atoms with E-state index in [2.05, 4.69) is 10.2 Å². The van der Waals surface area contributed by atoms with Gasteiger partial charge in [-0.2, -0.15) is 26.9 Å². The fraction of sp³-hybridized carbons (Fsp3) is 0.0952. The molecule has 0 fully saturated rings. The summed E-state index contributed by atoms with van der Waals surface area (Å²) in [4.78, 5) is 25.3. The van der Waals surface area contributed by atoms with Crippen LogP contribution in [0.25, 0.3) is 11.8 Å². The predicted octanol–water partition coefficient (Wildman–Crippen LogP) is 1.77. The van der Waals surface area contributed by atoms with Gasteiger partial charge in [0.05, 0.1) is 38.0 Å². The van der Waals surface area contributed by atoms with E-state index in [1.165, 1.54) is 43.3 Å². The Balaban J connectivity index is 1.74. The minimum atomic E-state index is -4.50. The maximum atomic E-state index is 13.1. The SMILES string of the molecule is CC1=NN(c2cccc(S(=O)(=O)O)c2)C(=O)C1=Cc1c(C)[nH]n(-c2cccc(S(=O)(=O)O)c2)c1=O. The maximum Gasteiger partial charge on any atom is 0.294 e. The summed E-state index contributed by atoms with van der Waals surface area (Å²) < 4.78 is 65.4. The Morgan fingerprint density at radius 2 is 1.43 bits per heavy atom. The molecule has 14 heteroatoms. The maximum absolute atomic E-state index is 13.1. The van der Waals surface area contributed by atoms with E-state index in [1.807, 2.05) is 0 Å². The van der Waals surface area contributed by atoms with Gasteiger partial charge in [0.15, 0.2) is 0 Å². The topological polar surface area (TPSA) is 179 Å². The van der Waals surface area contributed by atoms with Crippen molar-refractivity contribution in [3.8, 4) is 5.69 Å². The number of nitrogens with one attached hydrogen (secondary N) is 1. The van der Waals surface area contributed by atoms with E-state index >= 15 is 0 Å². The van der Waals surface area contributed by atoms with Gasteiger partial charge in [-0.15, -0.1) is 0 Å². The highest BCUT2D eigenvalue weighted by Gasteiger charge is 2.30. The Labute approximate surface area is 199 Å². The van der Waals surface area contributed by atoms with E-state index in [1.54, 1.807) is 6.92 Å². The van der Waals surface area contributed by atoms with Crippen molar-refractivity contribution < 1.29 is 30.7 Å². The molecule has 1 aliphatic heterocycles. The van der Waals surface area contributed by atoms with Crippen LogP contribution in [-0.4, -0.2) is 47.3 Å². The Morgan fingerprint density at radius 3 is 2.00 bits per heavy atom. The lowest BCUT2D eigenvalue weighted by Crippen LogP contribution is -2.22. The zero-order valence-corrected chi connectivity index (χ0v) is 19.8. The van der Waals surface area contributed by atoms with Crippen LogP contribution < -0.4 is 10.6 Å². The smallest absolute Gasteiger partial charge is 0.294 e. The molecule has 4 rings (SSSR count). The van der Waals surface area contributed by atoms with Crippen LogP contribution in [0, 0.1) is 6.92 Å². The molecular formula is C21H18N4O8S2.